The Bertz CT molecular complexity index is 636. The fourth-order valence-corrected chi connectivity index (χ4v) is 2.21. The summed E-state index contributed by atoms with van der Waals surface area (Å²) >= 11 is 5.86. The Morgan fingerprint density at radius 3 is 2.70 bits per heavy atom. The van der Waals surface area contributed by atoms with Crippen molar-refractivity contribution in [3.8, 4) is 12.3 Å². The number of rotatable bonds is 2. The number of hydrogen-bond donors (Lipinski definition) is 1. The van der Waals surface area contributed by atoms with E-state index in [9.17, 15) is 14.4 Å². The lowest BCUT2D eigenvalue weighted by Gasteiger charge is -2.32. The molecule has 0 aliphatic carbocycles. The molecule has 0 aromatic heterocycles. The van der Waals surface area contributed by atoms with E-state index in [1.165, 1.54) is 13.0 Å². The molecular formula is C14H11ClN2O3. The molecule has 1 fully saturated rings. The van der Waals surface area contributed by atoms with E-state index in [4.69, 9.17) is 18.0 Å². The predicted molar refractivity (Wildman–Crippen MR) is 72.9 cm³/mol. The second-order valence-corrected chi connectivity index (χ2v) is 4.77. The number of imide groups is 2. The van der Waals surface area contributed by atoms with Crippen LogP contribution in [-0.4, -0.2) is 28.8 Å². The van der Waals surface area contributed by atoms with Crippen LogP contribution in [0.3, 0.4) is 0 Å². The minimum absolute atomic E-state index is 0.400. The van der Waals surface area contributed by atoms with E-state index >= 15 is 0 Å². The molecule has 1 aliphatic rings. The average Bonchev–Trinajstić information content (AvgIpc) is 2.37. The first-order chi connectivity index (χ1) is 9.45. The monoisotopic (exact) mass is 290 g/mol. The lowest BCUT2D eigenvalue weighted by Crippen LogP contribution is -2.59. The first-order valence-electron chi connectivity index (χ1n) is 5.85. The number of benzene rings is 1. The van der Waals surface area contributed by atoms with E-state index in [0.717, 1.165) is 4.90 Å². The summed E-state index contributed by atoms with van der Waals surface area (Å²) in [6, 6.07) is 4.83. The van der Waals surface area contributed by atoms with Crippen molar-refractivity contribution in [3.63, 3.8) is 0 Å². The van der Waals surface area contributed by atoms with Gasteiger partial charge in [-0.3, -0.25) is 14.9 Å². The number of nitrogens with zero attached hydrogens (tertiary/aromatic N) is 1. The van der Waals surface area contributed by atoms with Crippen molar-refractivity contribution in [2.45, 2.75) is 18.9 Å². The molecule has 4 amide bonds. The molecule has 2 rings (SSSR count). The summed E-state index contributed by atoms with van der Waals surface area (Å²) in [7, 11) is 0. The van der Waals surface area contributed by atoms with Gasteiger partial charge >= 0.3 is 6.03 Å². The van der Waals surface area contributed by atoms with Crippen LogP contribution < -0.4 is 5.32 Å². The number of terminal acetylenes is 1. The molecule has 2 atom stereocenters. The fourth-order valence-electron chi connectivity index (χ4n) is 2.01. The van der Waals surface area contributed by atoms with E-state index in [0.29, 0.717) is 10.6 Å². The summed E-state index contributed by atoms with van der Waals surface area (Å²) in [6.45, 7) is 1.53. The molecule has 1 heterocycles. The third-order valence-corrected chi connectivity index (χ3v) is 3.24. The van der Waals surface area contributed by atoms with Gasteiger partial charge in [-0.05, 0) is 24.6 Å². The van der Waals surface area contributed by atoms with Gasteiger partial charge in [0, 0.05) is 5.02 Å². The van der Waals surface area contributed by atoms with E-state index < -0.39 is 29.8 Å². The van der Waals surface area contributed by atoms with Crippen LogP contribution in [-0.2, 0) is 9.59 Å². The molecule has 0 spiro atoms. The second kappa shape index (κ2) is 5.35. The maximum atomic E-state index is 12.4. The van der Waals surface area contributed by atoms with Crippen LogP contribution >= 0.6 is 11.6 Å². The van der Waals surface area contributed by atoms with Crippen molar-refractivity contribution in [2.24, 2.45) is 0 Å². The quantitative estimate of drug-likeness (QED) is 0.663. The Labute approximate surface area is 120 Å². The molecule has 1 N–H and O–H groups in total. The highest BCUT2D eigenvalue weighted by atomic mass is 35.5. The summed E-state index contributed by atoms with van der Waals surface area (Å²) < 4.78 is 0. The normalized spacial score (nSPS) is 20.4. The third-order valence-electron chi connectivity index (χ3n) is 3.01. The maximum absolute atomic E-state index is 12.4. The van der Waals surface area contributed by atoms with Crippen LogP contribution in [0.5, 0.6) is 0 Å². The minimum atomic E-state index is -1.12. The number of nitrogens with one attached hydrogen (secondary N) is 1. The molecule has 1 saturated heterocycles. The van der Waals surface area contributed by atoms with E-state index in [-0.39, 0.29) is 0 Å². The molecule has 0 bridgehead atoms. The zero-order valence-electron chi connectivity index (χ0n) is 10.6. The van der Waals surface area contributed by atoms with Gasteiger partial charge in [0.2, 0.25) is 11.8 Å². The topological polar surface area (TPSA) is 66.5 Å². The molecule has 1 aromatic carbocycles. The first kappa shape index (κ1) is 14.1. The Hall–Kier alpha value is -2.32. The fraction of sp³-hybridized carbons (Fsp3) is 0.214. The van der Waals surface area contributed by atoms with Gasteiger partial charge in [-0.25, -0.2) is 9.69 Å². The Kier molecular flexibility index (Phi) is 3.77. The summed E-state index contributed by atoms with van der Waals surface area (Å²) in [5.74, 6) is -0.147. The van der Waals surface area contributed by atoms with Gasteiger partial charge in [0.05, 0.1) is 6.04 Å². The summed E-state index contributed by atoms with van der Waals surface area (Å²) in [5, 5.41) is 2.53. The van der Waals surface area contributed by atoms with Crippen molar-refractivity contribution in [1.82, 2.24) is 10.2 Å². The van der Waals surface area contributed by atoms with Gasteiger partial charge in [0.15, 0.2) is 0 Å². The van der Waals surface area contributed by atoms with Gasteiger partial charge in [-0.2, -0.15) is 0 Å². The van der Waals surface area contributed by atoms with Crippen LogP contribution in [0.15, 0.2) is 24.3 Å². The minimum Gasteiger partial charge on any atom is -0.277 e. The highest BCUT2D eigenvalue weighted by Gasteiger charge is 2.43. The summed E-state index contributed by atoms with van der Waals surface area (Å²) in [4.78, 5) is 36.9. The molecule has 20 heavy (non-hydrogen) atoms. The number of amides is 4. The molecule has 1 aromatic rings. The third kappa shape index (κ3) is 2.38. The summed E-state index contributed by atoms with van der Waals surface area (Å²) in [6.07, 6.45) is 5.24. The molecular weight excluding hydrogens is 280 g/mol. The number of halogens is 1. The van der Waals surface area contributed by atoms with Crippen LogP contribution in [0, 0.1) is 12.3 Å². The number of urea groups is 1. The van der Waals surface area contributed by atoms with Gasteiger partial charge in [-0.15, -0.1) is 6.42 Å². The first-order valence-corrected chi connectivity index (χ1v) is 6.23. The van der Waals surface area contributed by atoms with Crippen LogP contribution in [0.4, 0.5) is 4.79 Å². The van der Waals surface area contributed by atoms with Crippen LogP contribution in [0.25, 0.3) is 0 Å². The number of barbiturate groups is 1. The van der Waals surface area contributed by atoms with Crippen LogP contribution in [0.1, 0.15) is 18.4 Å². The smallest absolute Gasteiger partial charge is 0.277 e. The predicted octanol–water partition coefficient (Wildman–Crippen LogP) is 1.52. The largest absolute Gasteiger partial charge is 0.331 e. The van der Waals surface area contributed by atoms with Crippen molar-refractivity contribution in [3.05, 3.63) is 34.9 Å². The maximum Gasteiger partial charge on any atom is 0.331 e. The van der Waals surface area contributed by atoms with E-state index in [2.05, 4.69) is 11.2 Å². The Morgan fingerprint density at radius 2 is 2.10 bits per heavy atom. The van der Waals surface area contributed by atoms with Gasteiger partial charge < -0.3 is 0 Å². The highest BCUT2D eigenvalue weighted by Crippen LogP contribution is 2.25. The van der Waals surface area contributed by atoms with Gasteiger partial charge in [-0.1, -0.05) is 29.7 Å². The lowest BCUT2D eigenvalue weighted by molar-refractivity contribution is -0.139. The van der Waals surface area contributed by atoms with E-state index in [1.54, 1.807) is 18.2 Å². The zero-order chi connectivity index (χ0) is 14.9. The molecule has 0 saturated carbocycles. The molecule has 5 nitrogen and oxygen atoms in total. The molecule has 6 heteroatoms. The average molecular weight is 291 g/mol. The Balaban J connectivity index is 2.43. The van der Waals surface area contributed by atoms with Crippen molar-refractivity contribution < 1.29 is 14.4 Å². The number of carbonyl (C=O) groups is 3. The molecule has 2 unspecified atom stereocenters. The Morgan fingerprint density at radius 1 is 1.40 bits per heavy atom. The van der Waals surface area contributed by atoms with Gasteiger partial charge in [0.25, 0.3) is 0 Å². The van der Waals surface area contributed by atoms with Crippen molar-refractivity contribution in [2.75, 3.05) is 0 Å². The molecule has 102 valence electrons. The van der Waals surface area contributed by atoms with Crippen molar-refractivity contribution in [1.29, 1.82) is 0 Å². The SMILES string of the molecule is C#CC(C)N1C(=O)NC(=O)C(c2cccc(Cl)c2)C1=O. The summed E-state index contributed by atoms with van der Waals surface area (Å²) in [5.41, 5.74) is 0.418. The second-order valence-electron chi connectivity index (χ2n) is 4.33. The molecule has 1 aliphatic heterocycles. The standard InChI is InChI=1S/C14H11ClN2O3/c1-3-8(2)17-13(19)11(12(18)16-14(17)20)9-5-4-6-10(15)7-9/h1,4-8,11H,2H3,(H,16,18,20). The lowest BCUT2D eigenvalue weighted by atomic mass is 9.94. The van der Waals surface area contributed by atoms with Gasteiger partial charge in [0.1, 0.15) is 5.92 Å². The number of hydrogen-bond acceptors (Lipinski definition) is 3. The zero-order valence-corrected chi connectivity index (χ0v) is 11.3. The molecule has 0 radical (unpaired) electrons. The van der Waals surface area contributed by atoms with Crippen LogP contribution in [0.2, 0.25) is 5.02 Å². The van der Waals surface area contributed by atoms with E-state index in [1.807, 2.05) is 0 Å². The van der Waals surface area contributed by atoms with Crippen molar-refractivity contribution >= 4 is 29.4 Å². The number of carbonyl (C=O) groups excluding carboxylic acids is 3. The highest BCUT2D eigenvalue weighted by molar-refractivity contribution is 6.30.